The van der Waals surface area contributed by atoms with Crippen LogP contribution in [0.5, 0.6) is 0 Å². The van der Waals surface area contributed by atoms with E-state index >= 15 is 0 Å². The van der Waals surface area contributed by atoms with Crippen LogP contribution in [0.1, 0.15) is 39.9 Å². The lowest BCUT2D eigenvalue weighted by Gasteiger charge is -2.34. The van der Waals surface area contributed by atoms with Gasteiger partial charge >= 0.3 is 0 Å². The molecule has 140 valence electrons. The van der Waals surface area contributed by atoms with Gasteiger partial charge in [0, 0.05) is 11.3 Å². The molecule has 2 aliphatic rings. The van der Waals surface area contributed by atoms with E-state index in [0.29, 0.717) is 17.0 Å². The first-order chi connectivity index (χ1) is 14.2. The molecule has 0 amide bonds. The summed E-state index contributed by atoms with van der Waals surface area (Å²) >= 11 is 5.99. The molecule has 2 bridgehead atoms. The van der Waals surface area contributed by atoms with Gasteiger partial charge in [0.05, 0.1) is 23.0 Å². The zero-order chi connectivity index (χ0) is 20.0. The molecule has 0 N–H and O–H groups in total. The summed E-state index contributed by atoms with van der Waals surface area (Å²) in [6.07, 6.45) is 0.518. The second-order valence-electron chi connectivity index (χ2n) is 7.59. The summed E-state index contributed by atoms with van der Waals surface area (Å²) in [6, 6.07) is 29.6. The van der Waals surface area contributed by atoms with Gasteiger partial charge in [-0.25, -0.2) is 0 Å². The molecule has 0 radical (unpaired) electrons. The number of rotatable bonds is 3. The monoisotopic (exact) mass is 394 g/mol. The molecule has 1 unspecified atom stereocenters. The lowest BCUT2D eigenvalue weighted by Crippen LogP contribution is -2.43. The number of hydrogen-bond acceptors (Lipinski definition) is 3. The minimum atomic E-state index is -1.04. The Morgan fingerprint density at radius 2 is 1.59 bits per heavy atom. The molecule has 3 nitrogen and oxygen atoms in total. The Balaban J connectivity index is 1.76. The Morgan fingerprint density at radius 3 is 2.28 bits per heavy atom. The molecule has 1 heterocycles. The third-order valence-electron chi connectivity index (χ3n) is 6.19. The maximum atomic E-state index is 13.9. The number of ketones is 1. The number of anilines is 1. The first kappa shape index (κ1) is 17.8. The normalized spacial score (nSPS) is 23.4. The van der Waals surface area contributed by atoms with Crippen LogP contribution in [0.3, 0.4) is 0 Å². The molecule has 4 heteroatoms. The van der Waals surface area contributed by atoms with Crippen molar-refractivity contribution in [3.63, 3.8) is 0 Å². The summed E-state index contributed by atoms with van der Waals surface area (Å²) in [5.74, 6) is -0.670. The van der Waals surface area contributed by atoms with E-state index in [4.69, 9.17) is 12.2 Å². The molecule has 1 aliphatic heterocycles. The summed E-state index contributed by atoms with van der Waals surface area (Å²) in [7, 11) is 0. The summed E-state index contributed by atoms with van der Waals surface area (Å²) in [6.45, 7) is 0. The summed E-state index contributed by atoms with van der Waals surface area (Å²) in [4.78, 5) is 16.5. The number of nitriles is 1. The van der Waals surface area contributed by atoms with E-state index in [1.807, 2.05) is 84.9 Å². The second kappa shape index (κ2) is 6.65. The summed E-state index contributed by atoms with van der Waals surface area (Å²) < 4.78 is 0. The molecule has 3 aromatic carbocycles. The van der Waals surface area contributed by atoms with Crippen molar-refractivity contribution < 1.29 is 4.79 Å². The average Bonchev–Trinajstić information content (AvgIpc) is 3.05. The van der Waals surface area contributed by atoms with Crippen LogP contribution in [-0.4, -0.2) is 10.8 Å². The highest BCUT2D eigenvalue weighted by molar-refractivity contribution is 7.80. The molecule has 0 aromatic heterocycles. The van der Waals surface area contributed by atoms with Crippen molar-refractivity contribution in [1.29, 1.82) is 5.26 Å². The largest absolute Gasteiger partial charge is 0.328 e. The van der Waals surface area contributed by atoms with Gasteiger partial charge in [-0.3, -0.25) is 4.79 Å². The standard InChI is InChI=1S/C25H18N2OS/c26-16-21(17-9-3-1-4-10-17)25-15-22(19-13-7-8-14-20(19)23(25)28)27(24(25)29)18-11-5-2-6-12-18/h1-14,21-22H,15H2/t21?,22-,25-/m0/s1. The number of carbonyl (C=O) groups is 1. The number of hydrogen-bond donors (Lipinski definition) is 0. The second-order valence-corrected chi connectivity index (χ2v) is 7.98. The van der Waals surface area contributed by atoms with Crippen molar-refractivity contribution in [3.05, 3.63) is 102 Å². The van der Waals surface area contributed by atoms with Crippen molar-refractivity contribution in [1.82, 2.24) is 0 Å². The van der Waals surface area contributed by atoms with Crippen molar-refractivity contribution in [2.75, 3.05) is 4.90 Å². The maximum Gasteiger partial charge on any atom is 0.177 e. The van der Waals surface area contributed by atoms with Crippen LogP contribution in [0.25, 0.3) is 0 Å². The van der Waals surface area contributed by atoms with Crippen LogP contribution < -0.4 is 4.90 Å². The van der Waals surface area contributed by atoms with Crippen molar-refractivity contribution in [2.45, 2.75) is 18.4 Å². The minimum absolute atomic E-state index is 0.0387. The van der Waals surface area contributed by atoms with Crippen LogP contribution in [0, 0.1) is 16.7 Å². The number of benzene rings is 3. The topological polar surface area (TPSA) is 44.1 Å². The molecule has 3 atom stereocenters. The van der Waals surface area contributed by atoms with Crippen LogP contribution in [0.15, 0.2) is 84.9 Å². The Morgan fingerprint density at radius 1 is 0.966 bits per heavy atom. The van der Waals surface area contributed by atoms with Gasteiger partial charge in [0.1, 0.15) is 5.41 Å². The molecule has 3 aromatic rings. The van der Waals surface area contributed by atoms with Gasteiger partial charge < -0.3 is 4.90 Å². The van der Waals surface area contributed by atoms with Gasteiger partial charge in [-0.1, -0.05) is 85.0 Å². The van der Waals surface area contributed by atoms with Crippen LogP contribution >= 0.6 is 12.2 Å². The third-order valence-corrected chi connectivity index (χ3v) is 6.75. The van der Waals surface area contributed by atoms with E-state index in [1.165, 1.54) is 0 Å². The highest BCUT2D eigenvalue weighted by atomic mass is 32.1. The average molecular weight is 394 g/mol. The minimum Gasteiger partial charge on any atom is -0.328 e. The Hall–Kier alpha value is -3.29. The lowest BCUT2D eigenvalue weighted by atomic mass is 9.63. The maximum absolute atomic E-state index is 13.9. The smallest absolute Gasteiger partial charge is 0.177 e. The molecule has 1 fully saturated rings. The van der Waals surface area contributed by atoms with Gasteiger partial charge in [0.15, 0.2) is 5.78 Å². The number of nitrogens with zero attached hydrogens (tertiary/aromatic N) is 2. The highest BCUT2D eigenvalue weighted by Crippen LogP contribution is 2.58. The predicted octanol–water partition coefficient (Wildman–Crippen LogP) is 5.46. The molecule has 1 saturated heterocycles. The molecule has 1 aliphatic carbocycles. The van der Waals surface area contributed by atoms with Crippen LogP contribution in [-0.2, 0) is 0 Å². The van der Waals surface area contributed by atoms with E-state index in [2.05, 4.69) is 11.0 Å². The van der Waals surface area contributed by atoms with Gasteiger partial charge in [0.2, 0.25) is 0 Å². The van der Waals surface area contributed by atoms with Gasteiger partial charge in [-0.05, 0) is 29.7 Å². The first-order valence-electron chi connectivity index (χ1n) is 9.65. The Bertz CT molecular complexity index is 1150. The van der Waals surface area contributed by atoms with Gasteiger partial charge in [-0.2, -0.15) is 5.26 Å². The summed E-state index contributed by atoms with van der Waals surface area (Å²) in [5, 5.41) is 10.2. The van der Waals surface area contributed by atoms with E-state index in [1.54, 1.807) is 0 Å². The fourth-order valence-electron chi connectivity index (χ4n) is 4.89. The predicted molar refractivity (Wildman–Crippen MR) is 117 cm³/mol. The van der Waals surface area contributed by atoms with E-state index in [9.17, 15) is 10.1 Å². The highest BCUT2D eigenvalue weighted by Gasteiger charge is 2.62. The molecular formula is C25H18N2OS. The Kier molecular flexibility index (Phi) is 4.08. The fraction of sp³-hybridized carbons (Fsp3) is 0.160. The van der Waals surface area contributed by atoms with Crippen LogP contribution in [0.4, 0.5) is 5.69 Å². The summed E-state index contributed by atoms with van der Waals surface area (Å²) in [5.41, 5.74) is 2.42. The molecule has 0 saturated carbocycles. The number of fused-ring (bicyclic) bond motifs is 4. The van der Waals surface area contributed by atoms with Crippen molar-refractivity contribution >= 4 is 28.7 Å². The molecular weight excluding hydrogens is 376 g/mol. The molecule has 0 spiro atoms. The van der Waals surface area contributed by atoms with E-state index in [0.717, 1.165) is 16.8 Å². The zero-order valence-electron chi connectivity index (χ0n) is 15.7. The van der Waals surface area contributed by atoms with Gasteiger partial charge in [-0.15, -0.1) is 0 Å². The SMILES string of the molecule is N#CC(c1ccccc1)[C@@]12C[C@@H](c3ccccc3C1=O)N(c1ccccc1)C2=S. The number of thiocarbonyl (C=S) groups is 1. The number of Topliss-reactive ketones (excluding diaryl/α,β-unsaturated/α-hetero) is 1. The zero-order valence-corrected chi connectivity index (χ0v) is 16.5. The van der Waals surface area contributed by atoms with Crippen molar-refractivity contribution in [2.24, 2.45) is 5.41 Å². The Labute approximate surface area is 175 Å². The number of para-hydroxylation sites is 1. The van der Waals surface area contributed by atoms with Crippen molar-refractivity contribution in [3.8, 4) is 6.07 Å². The van der Waals surface area contributed by atoms with E-state index in [-0.39, 0.29) is 11.8 Å². The quantitative estimate of drug-likeness (QED) is 0.554. The molecule has 5 rings (SSSR count). The molecule has 29 heavy (non-hydrogen) atoms. The van der Waals surface area contributed by atoms with Crippen LogP contribution in [0.2, 0.25) is 0 Å². The van der Waals surface area contributed by atoms with E-state index < -0.39 is 11.3 Å². The van der Waals surface area contributed by atoms with Gasteiger partial charge in [0.25, 0.3) is 0 Å². The third kappa shape index (κ3) is 2.41. The first-order valence-corrected chi connectivity index (χ1v) is 10.1. The fourth-order valence-corrected chi connectivity index (χ4v) is 5.41. The lowest BCUT2D eigenvalue weighted by molar-refractivity contribution is 0.0843. The number of carbonyl (C=O) groups excluding carboxylic acids is 1.